The molecule has 0 radical (unpaired) electrons. The van der Waals surface area contributed by atoms with Gasteiger partial charge in [-0.1, -0.05) is 167 Å². The van der Waals surface area contributed by atoms with Gasteiger partial charge in [-0.15, -0.1) is 0 Å². The maximum Gasteiger partial charge on any atom is 0.143 e. The molecule has 11 rings (SSSR count). The first-order chi connectivity index (χ1) is 28.0. The van der Waals surface area contributed by atoms with Crippen molar-refractivity contribution < 1.29 is 4.42 Å². The molecule has 1 heterocycles. The lowest BCUT2D eigenvalue weighted by Gasteiger charge is -2.32. The van der Waals surface area contributed by atoms with Crippen LogP contribution in [0.15, 0.2) is 174 Å². The molecular formula is C55H45NO. The summed E-state index contributed by atoms with van der Waals surface area (Å²) in [5.41, 5.74) is 16.7. The fourth-order valence-electron chi connectivity index (χ4n) is 10.2. The molecule has 0 amide bonds. The molecular weight excluding hydrogens is 691 g/mol. The van der Waals surface area contributed by atoms with Crippen molar-refractivity contribution in [3.8, 4) is 33.4 Å². The number of benzene rings is 8. The van der Waals surface area contributed by atoms with Crippen LogP contribution in [0.1, 0.15) is 68.6 Å². The molecule has 0 N–H and O–H groups in total. The molecule has 0 aliphatic heterocycles. The van der Waals surface area contributed by atoms with Gasteiger partial charge in [-0.3, -0.25) is 0 Å². The Balaban J connectivity index is 1.23. The Bertz CT molecular complexity index is 2980. The van der Waals surface area contributed by atoms with Crippen LogP contribution in [-0.4, -0.2) is 0 Å². The minimum absolute atomic E-state index is 0.0861. The van der Waals surface area contributed by atoms with Gasteiger partial charge in [0.15, 0.2) is 0 Å². The Hall–Kier alpha value is -6.38. The van der Waals surface area contributed by atoms with Gasteiger partial charge in [-0.2, -0.15) is 0 Å². The van der Waals surface area contributed by atoms with Crippen molar-refractivity contribution in [2.45, 2.75) is 57.3 Å². The lowest BCUT2D eigenvalue weighted by Crippen LogP contribution is -2.16. The topological polar surface area (TPSA) is 16.4 Å². The second-order valence-corrected chi connectivity index (χ2v) is 16.7. The number of hydrogen-bond acceptors (Lipinski definition) is 2. The molecule has 0 bridgehead atoms. The second-order valence-electron chi connectivity index (χ2n) is 16.7. The number of anilines is 3. The number of nitrogens with zero attached hydrogens (tertiary/aromatic N) is 1. The summed E-state index contributed by atoms with van der Waals surface area (Å²) in [6.45, 7) is 4.73. The summed E-state index contributed by atoms with van der Waals surface area (Å²) >= 11 is 0. The number of para-hydroxylation sites is 2. The summed E-state index contributed by atoms with van der Waals surface area (Å²) in [7, 11) is 0. The van der Waals surface area contributed by atoms with Gasteiger partial charge >= 0.3 is 0 Å². The van der Waals surface area contributed by atoms with E-state index < -0.39 is 0 Å². The van der Waals surface area contributed by atoms with Crippen molar-refractivity contribution in [2.75, 3.05) is 4.90 Å². The van der Waals surface area contributed by atoms with Crippen molar-refractivity contribution >= 4 is 49.8 Å². The minimum atomic E-state index is -0.0861. The molecule has 1 saturated carbocycles. The molecule has 0 saturated heterocycles. The first-order valence-corrected chi connectivity index (χ1v) is 20.7. The van der Waals surface area contributed by atoms with E-state index >= 15 is 0 Å². The number of fused-ring (bicyclic) bond motifs is 7. The van der Waals surface area contributed by atoms with E-state index in [1.54, 1.807) is 0 Å². The highest BCUT2D eigenvalue weighted by atomic mass is 16.3. The SMILES string of the molecule is CC1(C)c2ccccc2-c2cc(N(c3ccc(C4CCCCC4)cc3-c3ccccc3)c3ccc4ccccc4c3-c3cccc4c3oc3ccccc34)ccc21. The van der Waals surface area contributed by atoms with Crippen LogP contribution >= 0.6 is 0 Å². The largest absolute Gasteiger partial charge is 0.455 e. The first-order valence-electron chi connectivity index (χ1n) is 20.7. The Morgan fingerprint density at radius 1 is 0.509 bits per heavy atom. The van der Waals surface area contributed by atoms with Crippen molar-refractivity contribution in [1.82, 2.24) is 0 Å². The summed E-state index contributed by atoms with van der Waals surface area (Å²) < 4.78 is 6.81. The van der Waals surface area contributed by atoms with Crippen LogP contribution in [0.4, 0.5) is 17.1 Å². The average Bonchev–Trinajstić information content (AvgIpc) is 3.76. The predicted octanol–water partition coefficient (Wildman–Crippen LogP) is 15.9. The molecule has 57 heavy (non-hydrogen) atoms. The van der Waals surface area contributed by atoms with E-state index in [9.17, 15) is 0 Å². The molecule has 0 spiro atoms. The average molecular weight is 736 g/mol. The van der Waals surface area contributed by atoms with E-state index in [1.165, 1.54) is 87.5 Å². The molecule has 2 heteroatoms. The Morgan fingerprint density at radius 3 is 2.09 bits per heavy atom. The van der Waals surface area contributed by atoms with Gasteiger partial charge in [0.2, 0.25) is 0 Å². The van der Waals surface area contributed by atoms with E-state index in [-0.39, 0.29) is 5.41 Å². The highest BCUT2D eigenvalue weighted by Gasteiger charge is 2.36. The van der Waals surface area contributed by atoms with Gasteiger partial charge in [0.25, 0.3) is 0 Å². The maximum absolute atomic E-state index is 6.81. The van der Waals surface area contributed by atoms with E-state index in [0.29, 0.717) is 5.92 Å². The molecule has 0 atom stereocenters. The highest BCUT2D eigenvalue weighted by Crippen LogP contribution is 2.54. The predicted molar refractivity (Wildman–Crippen MR) is 240 cm³/mol. The summed E-state index contributed by atoms with van der Waals surface area (Å²) in [5.74, 6) is 0.587. The molecule has 1 aromatic heterocycles. The first kappa shape index (κ1) is 33.9. The van der Waals surface area contributed by atoms with Crippen molar-refractivity contribution in [3.63, 3.8) is 0 Å². The van der Waals surface area contributed by atoms with Gasteiger partial charge in [0.05, 0.1) is 11.4 Å². The standard InChI is InChI=1S/C55H45NO/c1-55(2)48-26-13-11-22-42(48)47-35-40(30-31-49(47)55)56(50-32-29-39(36-16-5-3-6-17-36)34-46(50)37-18-7-4-8-19-37)51-33-28-38-20-9-10-21-41(38)53(51)45-25-15-24-44-43-23-12-14-27-52(43)57-54(44)45/h4,7-15,18-36H,3,5-6,16-17H2,1-2H3. The van der Waals surface area contributed by atoms with Gasteiger partial charge in [0, 0.05) is 38.6 Å². The van der Waals surface area contributed by atoms with E-state index in [4.69, 9.17) is 4.42 Å². The third-order valence-corrected chi connectivity index (χ3v) is 13.1. The molecule has 276 valence electrons. The van der Waals surface area contributed by atoms with E-state index in [1.807, 2.05) is 0 Å². The Kier molecular flexibility index (Phi) is 7.96. The fraction of sp³-hybridized carbons (Fsp3) is 0.164. The molecule has 2 nitrogen and oxygen atoms in total. The van der Waals surface area contributed by atoms with Gasteiger partial charge in [-0.05, 0) is 99.3 Å². The smallest absolute Gasteiger partial charge is 0.143 e. The van der Waals surface area contributed by atoms with Gasteiger partial charge < -0.3 is 9.32 Å². The summed E-state index contributed by atoms with van der Waals surface area (Å²) in [6, 6.07) is 63.1. The summed E-state index contributed by atoms with van der Waals surface area (Å²) in [4.78, 5) is 2.55. The van der Waals surface area contributed by atoms with Crippen LogP contribution in [0.3, 0.4) is 0 Å². The van der Waals surface area contributed by atoms with Crippen molar-refractivity contribution in [3.05, 3.63) is 187 Å². The molecule has 2 aliphatic carbocycles. The summed E-state index contributed by atoms with van der Waals surface area (Å²) in [6.07, 6.45) is 6.47. The fourth-order valence-corrected chi connectivity index (χ4v) is 10.2. The quantitative estimate of drug-likeness (QED) is 0.169. The zero-order valence-electron chi connectivity index (χ0n) is 32.6. The van der Waals surface area contributed by atoms with Crippen LogP contribution in [0.5, 0.6) is 0 Å². The van der Waals surface area contributed by atoms with Gasteiger partial charge in [-0.25, -0.2) is 0 Å². The molecule has 0 unspecified atom stereocenters. The monoisotopic (exact) mass is 735 g/mol. The lowest BCUT2D eigenvalue weighted by atomic mass is 9.82. The maximum atomic E-state index is 6.81. The summed E-state index contributed by atoms with van der Waals surface area (Å²) in [5, 5.41) is 4.66. The van der Waals surface area contributed by atoms with Crippen LogP contribution in [0.2, 0.25) is 0 Å². The zero-order valence-corrected chi connectivity index (χ0v) is 32.6. The van der Waals surface area contributed by atoms with E-state index in [2.05, 4.69) is 189 Å². The highest BCUT2D eigenvalue weighted by molar-refractivity contribution is 6.15. The number of rotatable bonds is 6. The molecule has 1 fully saturated rings. The molecule has 9 aromatic rings. The van der Waals surface area contributed by atoms with Crippen LogP contribution in [0, 0.1) is 0 Å². The number of furan rings is 1. The lowest BCUT2D eigenvalue weighted by molar-refractivity contribution is 0.444. The molecule has 2 aliphatic rings. The minimum Gasteiger partial charge on any atom is -0.455 e. The number of hydrogen-bond donors (Lipinski definition) is 0. The Labute approximate surface area is 335 Å². The normalized spacial score (nSPS) is 14.9. The second kappa shape index (κ2) is 13.4. The van der Waals surface area contributed by atoms with E-state index in [0.717, 1.165) is 44.4 Å². The van der Waals surface area contributed by atoms with Crippen molar-refractivity contribution in [2.24, 2.45) is 0 Å². The third kappa shape index (κ3) is 5.46. The molecule has 8 aromatic carbocycles. The Morgan fingerprint density at radius 2 is 1.21 bits per heavy atom. The van der Waals surface area contributed by atoms with Crippen LogP contribution in [0.25, 0.3) is 66.1 Å². The third-order valence-electron chi connectivity index (χ3n) is 13.1. The van der Waals surface area contributed by atoms with Gasteiger partial charge in [0.1, 0.15) is 11.2 Å². The van der Waals surface area contributed by atoms with Crippen LogP contribution < -0.4 is 4.90 Å². The zero-order chi connectivity index (χ0) is 38.1. The van der Waals surface area contributed by atoms with Crippen LogP contribution in [-0.2, 0) is 5.41 Å². The van der Waals surface area contributed by atoms with Crippen molar-refractivity contribution in [1.29, 1.82) is 0 Å².